The van der Waals surface area contributed by atoms with E-state index >= 15 is 0 Å². The van der Waals surface area contributed by atoms with Gasteiger partial charge in [-0.05, 0) is 26.2 Å². The second-order valence-electron chi connectivity index (χ2n) is 5.28. The van der Waals surface area contributed by atoms with Gasteiger partial charge in [-0.1, -0.05) is 0 Å². The Hall–Kier alpha value is -1.89. The highest BCUT2D eigenvalue weighted by Gasteiger charge is 2.44. The van der Waals surface area contributed by atoms with Crippen molar-refractivity contribution in [2.45, 2.75) is 38.3 Å². The van der Waals surface area contributed by atoms with Crippen LogP contribution in [0.25, 0.3) is 0 Å². The summed E-state index contributed by atoms with van der Waals surface area (Å²) in [6.45, 7) is 3.09. The molecule has 0 bridgehead atoms. The fourth-order valence-electron chi connectivity index (χ4n) is 2.55. The van der Waals surface area contributed by atoms with Crippen LogP contribution in [0.5, 0.6) is 0 Å². The first-order chi connectivity index (χ1) is 9.49. The first-order valence-electron chi connectivity index (χ1n) is 6.76. The lowest BCUT2D eigenvalue weighted by molar-refractivity contribution is -0.150. The molecular weight excluding hydrogens is 260 g/mol. The molecule has 1 aliphatic rings. The number of rotatable bonds is 4. The third-order valence-electron chi connectivity index (χ3n) is 3.84. The zero-order valence-electron chi connectivity index (χ0n) is 11.6. The number of carbonyl (C=O) groups excluding carboxylic acids is 1. The molecule has 1 aromatic rings. The fraction of sp³-hybridized carbons (Fsp3) is 0.615. The Balaban J connectivity index is 2.23. The molecule has 2 heterocycles. The molecule has 1 aliphatic heterocycles. The predicted octanol–water partition coefficient (Wildman–Crippen LogP) is 0.311. The van der Waals surface area contributed by atoms with Gasteiger partial charge in [0, 0.05) is 25.8 Å². The van der Waals surface area contributed by atoms with Crippen molar-refractivity contribution in [1.29, 1.82) is 0 Å². The van der Waals surface area contributed by atoms with Crippen molar-refractivity contribution >= 4 is 11.9 Å². The standard InChI is InChI=1S/C13H20N4O3/c1-13(12(19)20)4-2-3-6-17(13)11(18)10-8-16(7-5-14)9-15-10/h8-9H,2-7,14H2,1H3,(H,19,20). The van der Waals surface area contributed by atoms with Crippen LogP contribution in [0, 0.1) is 0 Å². The Morgan fingerprint density at radius 1 is 1.50 bits per heavy atom. The van der Waals surface area contributed by atoms with Crippen LogP contribution in [-0.2, 0) is 11.3 Å². The molecule has 110 valence electrons. The average molecular weight is 280 g/mol. The third kappa shape index (κ3) is 2.53. The number of carbonyl (C=O) groups is 2. The summed E-state index contributed by atoms with van der Waals surface area (Å²) in [4.78, 5) is 29.5. The lowest BCUT2D eigenvalue weighted by atomic mass is 9.88. The summed E-state index contributed by atoms with van der Waals surface area (Å²) in [7, 11) is 0. The molecule has 1 fully saturated rings. The van der Waals surface area contributed by atoms with Crippen molar-refractivity contribution in [2.24, 2.45) is 5.73 Å². The third-order valence-corrected chi connectivity index (χ3v) is 3.84. The molecule has 1 amide bonds. The summed E-state index contributed by atoms with van der Waals surface area (Å²) in [5.41, 5.74) is 4.58. The lowest BCUT2D eigenvalue weighted by Gasteiger charge is -2.41. The van der Waals surface area contributed by atoms with Crippen LogP contribution in [-0.4, -0.2) is 50.1 Å². The smallest absolute Gasteiger partial charge is 0.329 e. The van der Waals surface area contributed by atoms with E-state index in [1.807, 2.05) is 0 Å². The number of nitrogens with zero attached hydrogens (tertiary/aromatic N) is 3. The van der Waals surface area contributed by atoms with E-state index in [1.54, 1.807) is 24.0 Å². The Bertz CT molecular complexity index is 513. The molecular formula is C13H20N4O3. The van der Waals surface area contributed by atoms with Crippen molar-refractivity contribution in [3.8, 4) is 0 Å². The van der Waals surface area contributed by atoms with Crippen LogP contribution in [0.4, 0.5) is 0 Å². The topological polar surface area (TPSA) is 101 Å². The van der Waals surface area contributed by atoms with E-state index in [-0.39, 0.29) is 11.6 Å². The first kappa shape index (κ1) is 14.5. The zero-order valence-corrected chi connectivity index (χ0v) is 11.6. The van der Waals surface area contributed by atoms with Gasteiger partial charge in [-0.2, -0.15) is 0 Å². The predicted molar refractivity (Wildman–Crippen MR) is 72.2 cm³/mol. The maximum absolute atomic E-state index is 12.5. The molecule has 0 spiro atoms. The molecule has 3 N–H and O–H groups in total. The first-order valence-corrected chi connectivity index (χ1v) is 6.76. The number of amides is 1. The molecule has 20 heavy (non-hydrogen) atoms. The van der Waals surface area contributed by atoms with Gasteiger partial charge in [0.15, 0.2) is 0 Å². The van der Waals surface area contributed by atoms with Gasteiger partial charge in [0.05, 0.1) is 6.33 Å². The van der Waals surface area contributed by atoms with Crippen LogP contribution in [0.1, 0.15) is 36.7 Å². The summed E-state index contributed by atoms with van der Waals surface area (Å²) < 4.78 is 1.73. The number of hydrogen-bond donors (Lipinski definition) is 2. The average Bonchev–Trinajstić information content (AvgIpc) is 2.87. The normalized spacial score (nSPS) is 22.8. The van der Waals surface area contributed by atoms with Crippen LogP contribution in [0.15, 0.2) is 12.5 Å². The largest absolute Gasteiger partial charge is 0.480 e. The van der Waals surface area contributed by atoms with Crippen molar-refractivity contribution in [3.63, 3.8) is 0 Å². The molecule has 0 saturated carbocycles. The summed E-state index contributed by atoms with van der Waals surface area (Å²) in [6.07, 6.45) is 5.26. The number of imidazole rings is 1. The van der Waals surface area contributed by atoms with Gasteiger partial charge in [0.25, 0.3) is 5.91 Å². The van der Waals surface area contributed by atoms with Crippen LogP contribution in [0.2, 0.25) is 0 Å². The number of aliphatic carboxylic acids is 1. The molecule has 0 radical (unpaired) electrons. The molecule has 1 unspecified atom stereocenters. The van der Waals surface area contributed by atoms with Crippen LogP contribution < -0.4 is 5.73 Å². The Labute approximate surface area is 117 Å². The molecule has 1 saturated heterocycles. The molecule has 0 aromatic carbocycles. The minimum atomic E-state index is -1.15. The van der Waals surface area contributed by atoms with Gasteiger partial charge < -0.3 is 20.3 Å². The monoisotopic (exact) mass is 280 g/mol. The maximum atomic E-state index is 12.5. The summed E-state index contributed by atoms with van der Waals surface area (Å²) in [5, 5.41) is 9.42. The highest BCUT2D eigenvalue weighted by atomic mass is 16.4. The SMILES string of the molecule is CC1(C(=O)O)CCCCN1C(=O)c1cn(CCN)cn1. The Morgan fingerprint density at radius 2 is 2.25 bits per heavy atom. The van der Waals surface area contributed by atoms with Gasteiger partial charge in [-0.15, -0.1) is 0 Å². The number of likely N-dealkylation sites (tertiary alicyclic amines) is 1. The summed E-state index contributed by atoms with van der Waals surface area (Å²) in [6, 6.07) is 0. The molecule has 7 nitrogen and oxygen atoms in total. The van der Waals surface area contributed by atoms with Crippen molar-refractivity contribution in [1.82, 2.24) is 14.5 Å². The van der Waals surface area contributed by atoms with E-state index in [2.05, 4.69) is 4.98 Å². The number of aromatic nitrogens is 2. The van der Waals surface area contributed by atoms with E-state index in [1.165, 1.54) is 4.90 Å². The highest BCUT2D eigenvalue weighted by Crippen LogP contribution is 2.29. The minimum absolute atomic E-state index is 0.271. The van der Waals surface area contributed by atoms with E-state index in [4.69, 9.17) is 5.73 Å². The van der Waals surface area contributed by atoms with Gasteiger partial charge >= 0.3 is 5.97 Å². The summed E-state index contributed by atoms with van der Waals surface area (Å²) >= 11 is 0. The minimum Gasteiger partial charge on any atom is -0.480 e. The Morgan fingerprint density at radius 3 is 2.90 bits per heavy atom. The maximum Gasteiger partial charge on any atom is 0.329 e. The molecule has 7 heteroatoms. The van der Waals surface area contributed by atoms with E-state index in [0.29, 0.717) is 26.1 Å². The molecule has 1 aromatic heterocycles. The van der Waals surface area contributed by atoms with Crippen LogP contribution in [0.3, 0.4) is 0 Å². The molecule has 2 rings (SSSR count). The number of hydrogen-bond acceptors (Lipinski definition) is 4. The number of piperidine rings is 1. The van der Waals surface area contributed by atoms with E-state index in [0.717, 1.165) is 12.8 Å². The van der Waals surface area contributed by atoms with Crippen LogP contribution >= 0.6 is 0 Å². The zero-order chi connectivity index (χ0) is 14.8. The van der Waals surface area contributed by atoms with E-state index in [9.17, 15) is 14.7 Å². The Kier molecular flexibility index (Phi) is 4.08. The molecule has 0 aliphatic carbocycles. The number of carboxylic acids is 1. The van der Waals surface area contributed by atoms with Crippen molar-refractivity contribution < 1.29 is 14.7 Å². The second kappa shape index (κ2) is 5.62. The number of nitrogens with two attached hydrogens (primary N) is 1. The van der Waals surface area contributed by atoms with Crippen molar-refractivity contribution in [3.05, 3.63) is 18.2 Å². The lowest BCUT2D eigenvalue weighted by Crippen LogP contribution is -2.57. The fourth-order valence-corrected chi connectivity index (χ4v) is 2.55. The van der Waals surface area contributed by atoms with Crippen molar-refractivity contribution in [2.75, 3.05) is 13.1 Å². The summed E-state index contributed by atoms with van der Waals surface area (Å²) in [5.74, 6) is -1.29. The highest BCUT2D eigenvalue weighted by molar-refractivity contribution is 5.96. The second-order valence-corrected chi connectivity index (χ2v) is 5.28. The van der Waals surface area contributed by atoms with E-state index < -0.39 is 11.5 Å². The molecule has 1 atom stereocenters. The quantitative estimate of drug-likeness (QED) is 0.826. The number of carboxylic acid groups (broad SMARTS) is 1. The van der Waals surface area contributed by atoms with Gasteiger partial charge in [0.2, 0.25) is 0 Å². The van der Waals surface area contributed by atoms with Gasteiger partial charge in [-0.25, -0.2) is 9.78 Å². The van der Waals surface area contributed by atoms with Gasteiger partial charge in [-0.3, -0.25) is 4.79 Å². The van der Waals surface area contributed by atoms with Gasteiger partial charge in [0.1, 0.15) is 11.2 Å².